The van der Waals surface area contributed by atoms with Gasteiger partial charge in [0.15, 0.2) is 11.6 Å². The maximum atomic E-state index is 13.9. The summed E-state index contributed by atoms with van der Waals surface area (Å²) in [7, 11) is 1.65. The van der Waals surface area contributed by atoms with Crippen molar-refractivity contribution in [3.63, 3.8) is 0 Å². The molecule has 0 bridgehead atoms. The fourth-order valence-corrected chi connectivity index (χ4v) is 2.74. The lowest BCUT2D eigenvalue weighted by atomic mass is 9.98. The first-order valence-corrected chi connectivity index (χ1v) is 6.88. The van der Waals surface area contributed by atoms with Crippen molar-refractivity contribution in [2.24, 2.45) is 0 Å². The van der Waals surface area contributed by atoms with Crippen molar-refractivity contribution in [1.82, 2.24) is 5.32 Å². The summed E-state index contributed by atoms with van der Waals surface area (Å²) in [6.07, 6.45) is 0.152. The largest absolute Gasteiger partial charge is 0.313 e. The number of nitrogens with one attached hydrogen (secondary N) is 1. The van der Waals surface area contributed by atoms with Gasteiger partial charge >= 0.3 is 0 Å². The van der Waals surface area contributed by atoms with Crippen molar-refractivity contribution in [3.8, 4) is 0 Å². The van der Waals surface area contributed by atoms with Crippen LogP contribution >= 0.6 is 15.9 Å². The van der Waals surface area contributed by atoms with Crippen LogP contribution in [0.5, 0.6) is 0 Å². The standard InChI is InChI=1S/C15H13BrF3N/c1-20-13(14-10(16)5-3-6-11(14)17)8-9-4-2-7-12(18)15(9)19/h2-7,13,20H,8H2,1H3. The van der Waals surface area contributed by atoms with Crippen LogP contribution in [0.25, 0.3) is 0 Å². The van der Waals surface area contributed by atoms with E-state index in [-0.39, 0.29) is 12.0 Å². The molecule has 1 unspecified atom stereocenters. The third-order valence-corrected chi connectivity index (χ3v) is 3.84. The molecule has 1 atom stereocenters. The van der Waals surface area contributed by atoms with Gasteiger partial charge in [-0.05, 0) is 37.2 Å². The van der Waals surface area contributed by atoms with E-state index in [2.05, 4.69) is 21.2 Å². The Morgan fingerprint density at radius 1 is 1.05 bits per heavy atom. The summed E-state index contributed by atoms with van der Waals surface area (Å²) in [4.78, 5) is 0. The predicted octanol–water partition coefficient (Wildman–Crippen LogP) is 4.37. The minimum absolute atomic E-state index is 0.152. The molecule has 20 heavy (non-hydrogen) atoms. The first-order chi connectivity index (χ1) is 9.54. The van der Waals surface area contributed by atoms with Crippen LogP contribution in [0.1, 0.15) is 17.2 Å². The van der Waals surface area contributed by atoms with Crippen molar-refractivity contribution < 1.29 is 13.2 Å². The van der Waals surface area contributed by atoms with Gasteiger partial charge in [-0.15, -0.1) is 0 Å². The summed E-state index contributed by atoms with van der Waals surface area (Å²) < 4.78 is 41.4. The van der Waals surface area contributed by atoms with E-state index in [0.29, 0.717) is 10.0 Å². The van der Waals surface area contributed by atoms with Crippen LogP contribution in [0.2, 0.25) is 0 Å². The van der Waals surface area contributed by atoms with Gasteiger partial charge in [-0.3, -0.25) is 0 Å². The van der Waals surface area contributed by atoms with Crippen molar-refractivity contribution in [3.05, 3.63) is 69.4 Å². The molecule has 106 valence electrons. The molecule has 2 rings (SSSR count). The first-order valence-electron chi connectivity index (χ1n) is 6.08. The van der Waals surface area contributed by atoms with Crippen LogP contribution in [0.15, 0.2) is 40.9 Å². The van der Waals surface area contributed by atoms with Crippen LogP contribution < -0.4 is 5.32 Å². The Hall–Kier alpha value is -1.33. The summed E-state index contributed by atoms with van der Waals surface area (Å²) in [6, 6.07) is 8.18. The van der Waals surface area contributed by atoms with Gasteiger partial charge < -0.3 is 5.32 Å². The molecule has 0 amide bonds. The molecule has 0 aromatic heterocycles. The van der Waals surface area contributed by atoms with Gasteiger partial charge in [0, 0.05) is 16.1 Å². The van der Waals surface area contributed by atoms with Crippen LogP contribution in [-0.4, -0.2) is 7.05 Å². The average molecular weight is 344 g/mol. The summed E-state index contributed by atoms with van der Waals surface area (Å²) in [5.74, 6) is -2.18. The average Bonchev–Trinajstić information content (AvgIpc) is 2.42. The number of hydrogen-bond donors (Lipinski definition) is 1. The molecule has 1 nitrogen and oxygen atoms in total. The zero-order valence-electron chi connectivity index (χ0n) is 10.8. The summed E-state index contributed by atoms with van der Waals surface area (Å²) in [5, 5.41) is 2.94. The van der Waals surface area contributed by atoms with Crippen LogP contribution in [0.3, 0.4) is 0 Å². The molecule has 0 aliphatic heterocycles. The van der Waals surface area contributed by atoms with Crippen molar-refractivity contribution >= 4 is 15.9 Å². The minimum Gasteiger partial charge on any atom is -0.313 e. The highest BCUT2D eigenvalue weighted by atomic mass is 79.9. The lowest BCUT2D eigenvalue weighted by Gasteiger charge is -2.19. The fraction of sp³-hybridized carbons (Fsp3) is 0.200. The molecule has 5 heteroatoms. The summed E-state index contributed by atoms with van der Waals surface area (Å²) in [5.41, 5.74) is 0.609. The molecule has 0 aliphatic carbocycles. The Morgan fingerprint density at radius 2 is 1.70 bits per heavy atom. The van der Waals surface area contributed by atoms with E-state index in [1.807, 2.05) is 0 Å². The van der Waals surface area contributed by atoms with E-state index in [9.17, 15) is 13.2 Å². The van der Waals surface area contributed by atoms with Gasteiger partial charge in [0.05, 0.1) is 0 Å². The SMILES string of the molecule is CNC(Cc1cccc(F)c1F)c1c(F)cccc1Br. The summed E-state index contributed by atoms with van der Waals surface area (Å²) >= 11 is 3.29. The van der Waals surface area contributed by atoms with E-state index in [0.717, 1.165) is 6.07 Å². The van der Waals surface area contributed by atoms with Crippen molar-refractivity contribution in [2.45, 2.75) is 12.5 Å². The van der Waals surface area contributed by atoms with Crippen LogP contribution in [0, 0.1) is 17.5 Å². The highest BCUT2D eigenvalue weighted by Crippen LogP contribution is 2.29. The van der Waals surface area contributed by atoms with Gasteiger partial charge in [0.2, 0.25) is 0 Å². The number of likely N-dealkylation sites (N-methyl/N-ethyl adjacent to an activating group) is 1. The Balaban J connectivity index is 2.37. The predicted molar refractivity (Wildman–Crippen MR) is 76.0 cm³/mol. The molecule has 0 saturated heterocycles. The van der Waals surface area contributed by atoms with Gasteiger partial charge in [-0.2, -0.15) is 0 Å². The summed E-state index contributed by atoms with van der Waals surface area (Å²) in [6.45, 7) is 0. The Labute approximate surface area is 123 Å². The lowest BCUT2D eigenvalue weighted by molar-refractivity contribution is 0.480. The number of hydrogen-bond acceptors (Lipinski definition) is 1. The van der Waals surface area contributed by atoms with E-state index >= 15 is 0 Å². The molecule has 0 aliphatic rings. The Morgan fingerprint density at radius 3 is 2.35 bits per heavy atom. The van der Waals surface area contributed by atoms with E-state index in [1.54, 1.807) is 19.2 Å². The minimum atomic E-state index is -0.898. The molecule has 0 heterocycles. The van der Waals surface area contributed by atoms with Crippen LogP contribution in [0.4, 0.5) is 13.2 Å². The lowest BCUT2D eigenvalue weighted by Crippen LogP contribution is -2.21. The number of rotatable bonds is 4. The quantitative estimate of drug-likeness (QED) is 0.869. The van der Waals surface area contributed by atoms with Gasteiger partial charge in [0.1, 0.15) is 5.82 Å². The van der Waals surface area contributed by atoms with Gasteiger partial charge in [-0.1, -0.05) is 34.1 Å². The Bertz CT molecular complexity index is 596. The monoisotopic (exact) mass is 343 g/mol. The molecule has 2 aromatic carbocycles. The molecular weight excluding hydrogens is 331 g/mol. The van der Waals surface area contributed by atoms with Crippen molar-refractivity contribution in [1.29, 1.82) is 0 Å². The highest BCUT2D eigenvalue weighted by Gasteiger charge is 2.20. The molecule has 0 saturated carbocycles. The zero-order chi connectivity index (χ0) is 14.7. The second-order valence-electron chi connectivity index (χ2n) is 4.39. The third-order valence-electron chi connectivity index (χ3n) is 3.15. The number of benzene rings is 2. The zero-order valence-corrected chi connectivity index (χ0v) is 12.3. The topological polar surface area (TPSA) is 12.0 Å². The second-order valence-corrected chi connectivity index (χ2v) is 5.25. The van der Waals surface area contributed by atoms with Gasteiger partial charge in [-0.25, -0.2) is 13.2 Å². The normalized spacial score (nSPS) is 12.4. The maximum Gasteiger partial charge on any atom is 0.162 e. The molecule has 0 radical (unpaired) electrons. The van der Waals surface area contributed by atoms with E-state index in [4.69, 9.17) is 0 Å². The molecule has 0 spiro atoms. The molecule has 1 N–H and O–H groups in total. The Kier molecular flexibility index (Phi) is 4.83. The van der Waals surface area contributed by atoms with Crippen LogP contribution in [-0.2, 0) is 6.42 Å². The smallest absolute Gasteiger partial charge is 0.162 e. The van der Waals surface area contributed by atoms with Gasteiger partial charge in [0.25, 0.3) is 0 Å². The van der Waals surface area contributed by atoms with E-state index in [1.165, 1.54) is 18.2 Å². The fourth-order valence-electron chi connectivity index (χ4n) is 2.12. The molecule has 0 fully saturated rings. The van der Waals surface area contributed by atoms with E-state index < -0.39 is 23.5 Å². The first kappa shape index (κ1) is 15.1. The molecule has 2 aromatic rings. The maximum absolute atomic E-state index is 13.9. The molecular formula is C15H13BrF3N. The third kappa shape index (κ3) is 3.04. The van der Waals surface area contributed by atoms with Crippen molar-refractivity contribution in [2.75, 3.05) is 7.05 Å². The number of halogens is 4. The second kappa shape index (κ2) is 6.41. The highest BCUT2D eigenvalue weighted by molar-refractivity contribution is 9.10.